The van der Waals surface area contributed by atoms with Gasteiger partial charge in [0, 0.05) is 18.8 Å². The summed E-state index contributed by atoms with van der Waals surface area (Å²) in [5.41, 5.74) is 0. The van der Waals surface area contributed by atoms with E-state index < -0.39 is 53.5 Å². The summed E-state index contributed by atoms with van der Waals surface area (Å²) in [6.45, 7) is 13.9. The molecule has 0 bridgehead atoms. The first-order chi connectivity index (χ1) is 14.6. The number of carbonyl (C=O) groups excluding carboxylic acids is 6. The standard InChI is InChI=1S/C24H38O8/c1-12(2)19(14(5)25)10-21(16(7)27)23(29)31-18(9)32-24(30)22(17(8)28)11-20(13(3)4)15(6)26/h12-13,18-22H,10-11H2,1-9H3. The van der Waals surface area contributed by atoms with E-state index in [-0.39, 0.29) is 36.2 Å². The Labute approximate surface area is 190 Å². The summed E-state index contributed by atoms with van der Waals surface area (Å²) in [6, 6.07) is 0. The molecule has 4 unspecified atom stereocenters. The van der Waals surface area contributed by atoms with E-state index in [1.165, 1.54) is 34.6 Å². The highest BCUT2D eigenvalue weighted by Gasteiger charge is 2.35. The SMILES string of the molecule is CC(=O)C(CC(C(C)=O)C(C)C)C(=O)OC(C)OC(=O)C(CC(C(C)=O)C(C)C)C(C)=O. The van der Waals surface area contributed by atoms with Crippen LogP contribution in [-0.2, 0) is 38.2 Å². The van der Waals surface area contributed by atoms with Crippen LogP contribution in [0.15, 0.2) is 0 Å². The van der Waals surface area contributed by atoms with Gasteiger partial charge in [-0.25, -0.2) is 0 Å². The van der Waals surface area contributed by atoms with Crippen LogP contribution in [0.2, 0.25) is 0 Å². The topological polar surface area (TPSA) is 121 Å². The Morgan fingerprint density at radius 2 is 0.812 bits per heavy atom. The maximum atomic E-state index is 12.6. The fraction of sp³-hybridized carbons (Fsp3) is 0.750. The van der Waals surface area contributed by atoms with Crippen molar-refractivity contribution >= 4 is 35.1 Å². The average Bonchev–Trinajstić information content (AvgIpc) is 2.59. The Morgan fingerprint density at radius 1 is 0.531 bits per heavy atom. The molecule has 0 spiro atoms. The molecule has 0 saturated heterocycles. The van der Waals surface area contributed by atoms with Crippen LogP contribution >= 0.6 is 0 Å². The second-order valence-corrected chi connectivity index (χ2v) is 9.16. The lowest BCUT2D eigenvalue weighted by Crippen LogP contribution is -2.36. The first-order valence-electron chi connectivity index (χ1n) is 11.0. The number of rotatable bonds is 14. The first kappa shape index (κ1) is 29.6. The highest BCUT2D eigenvalue weighted by Crippen LogP contribution is 2.25. The van der Waals surface area contributed by atoms with Crippen molar-refractivity contribution in [2.24, 2.45) is 35.5 Å². The Kier molecular flexibility index (Phi) is 12.2. The number of ether oxygens (including phenoxy) is 2. The second-order valence-electron chi connectivity index (χ2n) is 9.16. The number of Topliss-reactive ketones (excluding diaryl/α,β-unsaturated/α-hetero) is 4. The van der Waals surface area contributed by atoms with E-state index in [0.717, 1.165) is 0 Å². The van der Waals surface area contributed by atoms with E-state index >= 15 is 0 Å². The minimum absolute atomic E-state index is 0.00653. The van der Waals surface area contributed by atoms with Crippen LogP contribution in [0, 0.1) is 35.5 Å². The third-order valence-corrected chi connectivity index (χ3v) is 5.75. The first-order valence-corrected chi connectivity index (χ1v) is 11.0. The molecule has 0 rings (SSSR count). The van der Waals surface area contributed by atoms with Crippen LogP contribution in [0.5, 0.6) is 0 Å². The fourth-order valence-electron chi connectivity index (χ4n) is 3.69. The van der Waals surface area contributed by atoms with Gasteiger partial charge in [0.1, 0.15) is 35.0 Å². The van der Waals surface area contributed by atoms with Gasteiger partial charge >= 0.3 is 11.9 Å². The summed E-state index contributed by atoms with van der Waals surface area (Å²) in [4.78, 5) is 72.9. The molecule has 0 N–H and O–H groups in total. The van der Waals surface area contributed by atoms with Crippen molar-refractivity contribution in [2.75, 3.05) is 0 Å². The zero-order chi connectivity index (χ0) is 25.3. The molecule has 0 heterocycles. The predicted octanol–water partition coefficient (Wildman–Crippen LogP) is 3.33. The maximum Gasteiger partial charge on any atom is 0.319 e. The maximum absolute atomic E-state index is 12.6. The minimum atomic E-state index is -1.34. The smallest absolute Gasteiger partial charge is 0.319 e. The molecular formula is C24H38O8. The van der Waals surface area contributed by atoms with Crippen LogP contribution in [0.1, 0.15) is 75.2 Å². The molecule has 0 aromatic heterocycles. The average molecular weight is 455 g/mol. The van der Waals surface area contributed by atoms with E-state index in [0.29, 0.717) is 0 Å². The molecule has 0 aromatic rings. The van der Waals surface area contributed by atoms with E-state index in [4.69, 9.17) is 9.47 Å². The van der Waals surface area contributed by atoms with Gasteiger partial charge in [0.15, 0.2) is 0 Å². The van der Waals surface area contributed by atoms with Crippen molar-refractivity contribution in [1.29, 1.82) is 0 Å². The zero-order valence-electron chi connectivity index (χ0n) is 20.7. The molecule has 0 aliphatic carbocycles. The highest BCUT2D eigenvalue weighted by molar-refractivity contribution is 5.99. The number of hydrogen-bond donors (Lipinski definition) is 0. The quantitative estimate of drug-likeness (QED) is 0.223. The molecule has 182 valence electrons. The van der Waals surface area contributed by atoms with Gasteiger partial charge in [0.2, 0.25) is 6.29 Å². The van der Waals surface area contributed by atoms with Gasteiger partial charge in [-0.2, -0.15) is 0 Å². The largest absolute Gasteiger partial charge is 0.425 e. The van der Waals surface area contributed by atoms with Crippen molar-refractivity contribution in [3.63, 3.8) is 0 Å². The molecule has 0 aliphatic heterocycles. The normalized spacial score (nSPS) is 16.0. The summed E-state index contributed by atoms with van der Waals surface area (Å²) in [7, 11) is 0. The highest BCUT2D eigenvalue weighted by atomic mass is 16.7. The van der Waals surface area contributed by atoms with Gasteiger partial charge < -0.3 is 9.47 Å². The molecule has 0 aromatic carbocycles. The van der Waals surface area contributed by atoms with Crippen LogP contribution in [0.3, 0.4) is 0 Å². The van der Waals surface area contributed by atoms with Crippen LogP contribution in [-0.4, -0.2) is 41.4 Å². The molecule has 0 amide bonds. The van der Waals surface area contributed by atoms with E-state index in [1.54, 1.807) is 0 Å². The Bertz CT molecular complexity index is 662. The summed E-state index contributed by atoms with van der Waals surface area (Å²) < 4.78 is 10.3. The third-order valence-electron chi connectivity index (χ3n) is 5.75. The summed E-state index contributed by atoms with van der Waals surface area (Å²) in [6.07, 6.45) is -1.33. The lowest BCUT2D eigenvalue weighted by Gasteiger charge is -2.25. The van der Waals surface area contributed by atoms with Crippen LogP contribution in [0.25, 0.3) is 0 Å². The summed E-state index contributed by atoms with van der Waals surface area (Å²) in [5.74, 6) is -6.41. The molecular weight excluding hydrogens is 416 g/mol. The predicted molar refractivity (Wildman–Crippen MR) is 117 cm³/mol. The minimum Gasteiger partial charge on any atom is -0.425 e. The molecule has 8 nitrogen and oxygen atoms in total. The van der Waals surface area contributed by atoms with E-state index in [2.05, 4.69) is 0 Å². The van der Waals surface area contributed by atoms with Gasteiger partial charge in [-0.3, -0.25) is 28.8 Å². The molecule has 8 heteroatoms. The molecule has 0 radical (unpaired) electrons. The number of hydrogen-bond acceptors (Lipinski definition) is 8. The molecule has 4 atom stereocenters. The van der Waals surface area contributed by atoms with Crippen molar-refractivity contribution in [3.8, 4) is 0 Å². The molecule has 0 fully saturated rings. The number of esters is 2. The molecule has 32 heavy (non-hydrogen) atoms. The number of ketones is 4. The van der Waals surface area contributed by atoms with Crippen LogP contribution < -0.4 is 0 Å². The second kappa shape index (κ2) is 13.2. The summed E-state index contributed by atoms with van der Waals surface area (Å²) in [5, 5.41) is 0. The van der Waals surface area contributed by atoms with Crippen molar-refractivity contribution in [2.45, 2.75) is 81.4 Å². The van der Waals surface area contributed by atoms with Gasteiger partial charge in [-0.15, -0.1) is 0 Å². The lowest BCUT2D eigenvalue weighted by atomic mass is 9.82. The van der Waals surface area contributed by atoms with Gasteiger partial charge in [-0.05, 0) is 52.4 Å². The van der Waals surface area contributed by atoms with Crippen molar-refractivity contribution in [3.05, 3.63) is 0 Å². The molecule has 0 aliphatic rings. The Morgan fingerprint density at radius 3 is 1.00 bits per heavy atom. The zero-order valence-corrected chi connectivity index (χ0v) is 20.7. The van der Waals surface area contributed by atoms with Gasteiger partial charge in [0.05, 0.1) is 0 Å². The van der Waals surface area contributed by atoms with Crippen molar-refractivity contribution < 1.29 is 38.2 Å². The number of carbonyl (C=O) groups is 6. The summed E-state index contributed by atoms with van der Waals surface area (Å²) >= 11 is 0. The Hall–Kier alpha value is -2.38. The van der Waals surface area contributed by atoms with Gasteiger partial charge in [0.25, 0.3) is 0 Å². The lowest BCUT2D eigenvalue weighted by molar-refractivity contribution is -0.190. The van der Waals surface area contributed by atoms with E-state index in [9.17, 15) is 28.8 Å². The Balaban J connectivity index is 5.29. The van der Waals surface area contributed by atoms with Gasteiger partial charge in [-0.1, -0.05) is 27.7 Å². The third kappa shape index (κ3) is 9.40. The van der Waals surface area contributed by atoms with Crippen LogP contribution in [0.4, 0.5) is 0 Å². The monoisotopic (exact) mass is 454 g/mol. The van der Waals surface area contributed by atoms with E-state index in [1.807, 2.05) is 27.7 Å². The van der Waals surface area contributed by atoms with Crippen molar-refractivity contribution in [1.82, 2.24) is 0 Å². The fourth-order valence-corrected chi connectivity index (χ4v) is 3.69. The molecule has 0 saturated carbocycles.